The summed E-state index contributed by atoms with van der Waals surface area (Å²) in [7, 11) is 1.55. The highest BCUT2D eigenvalue weighted by molar-refractivity contribution is 9.10. The number of aryl methyl sites for hydroxylation is 2. The molecule has 0 heterocycles. The largest absolute Gasteiger partial charge is 0.495 e. The van der Waals surface area contributed by atoms with Gasteiger partial charge >= 0.3 is 6.09 Å². The van der Waals surface area contributed by atoms with Crippen molar-refractivity contribution in [2.24, 2.45) is 0 Å². The highest BCUT2D eigenvalue weighted by atomic mass is 79.9. The zero-order chi connectivity index (χ0) is 15.4. The van der Waals surface area contributed by atoms with Crippen molar-refractivity contribution in [3.05, 3.63) is 52.0 Å². The number of anilines is 1. The Bertz CT molecular complexity index is 671. The molecule has 0 bridgehead atoms. The number of hydrogen-bond donors (Lipinski definition) is 1. The fourth-order valence-corrected chi connectivity index (χ4v) is 2.31. The lowest BCUT2D eigenvalue weighted by Gasteiger charge is -2.12. The second kappa shape index (κ2) is 6.63. The third-order valence-corrected chi connectivity index (χ3v) is 3.86. The van der Waals surface area contributed by atoms with Gasteiger partial charge in [0.05, 0.1) is 12.8 Å². The molecule has 0 spiro atoms. The van der Waals surface area contributed by atoms with Crippen LogP contribution in [0.5, 0.6) is 11.5 Å². The summed E-state index contributed by atoms with van der Waals surface area (Å²) < 4.78 is 11.5. The number of ether oxygens (including phenoxy) is 2. The highest BCUT2D eigenvalue weighted by Crippen LogP contribution is 2.27. The molecule has 0 aromatic heterocycles. The smallest absolute Gasteiger partial charge is 0.417 e. The summed E-state index contributed by atoms with van der Waals surface area (Å²) in [5, 5.41) is 2.67. The second-order valence-electron chi connectivity index (χ2n) is 4.58. The Morgan fingerprint density at radius 2 is 1.81 bits per heavy atom. The first-order valence-corrected chi connectivity index (χ1v) is 7.19. The summed E-state index contributed by atoms with van der Waals surface area (Å²) in [6, 6.07) is 10.9. The van der Waals surface area contributed by atoms with Gasteiger partial charge in [-0.25, -0.2) is 4.79 Å². The van der Waals surface area contributed by atoms with Gasteiger partial charge in [-0.1, -0.05) is 28.1 Å². The molecule has 0 saturated carbocycles. The van der Waals surface area contributed by atoms with E-state index in [0.717, 1.165) is 15.6 Å². The van der Waals surface area contributed by atoms with Gasteiger partial charge in [-0.15, -0.1) is 0 Å². The molecule has 4 nitrogen and oxygen atoms in total. The molecule has 0 unspecified atom stereocenters. The molecule has 5 heteroatoms. The van der Waals surface area contributed by atoms with Crippen molar-refractivity contribution in [3.63, 3.8) is 0 Å². The van der Waals surface area contributed by atoms with Gasteiger partial charge in [0, 0.05) is 4.47 Å². The Morgan fingerprint density at radius 3 is 2.52 bits per heavy atom. The van der Waals surface area contributed by atoms with Crippen LogP contribution in [0.1, 0.15) is 11.1 Å². The van der Waals surface area contributed by atoms with E-state index in [-0.39, 0.29) is 0 Å². The van der Waals surface area contributed by atoms with Gasteiger partial charge in [-0.05, 0) is 49.2 Å². The number of benzene rings is 2. The fraction of sp³-hybridized carbons (Fsp3) is 0.188. The standard InChI is InChI=1S/C16H16BrNO3/c1-10-9-15(11(2)8-12(10)17)21-16(19)18-13-6-4-5-7-14(13)20-3/h4-9H,1-3H3,(H,18,19). The van der Waals surface area contributed by atoms with E-state index in [4.69, 9.17) is 9.47 Å². The monoisotopic (exact) mass is 349 g/mol. The molecule has 0 radical (unpaired) electrons. The van der Waals surface area contributed by atoms with E-state index in [2.05, 4.69) is 21.2 Å². The number of halogens is 1. The summed E-state index contributed by atoms with van der Waals surface area (Å²) in [6.45, 7) is 3.82. The van der Waals surface area contributed by atoms with Crippen molar-refractivity contribution < 1.29 is 14.3 Å². The van der Waals surface area contributed by atoms with Crippen LogP contribution in [0.2, 0.25) is 0 Å². The average Bonchev–Trinajstić information content (AvgIpc) is 2.45. The lowest BCUT2D eigenvalue weighted by molar-refractivity contribution is 0.214. The molecule has 110 valence electrons. The van der Waals surface area contributed by atoms with Crippen molar-refractivity contribution in [1.29, 1.82) is 0 Å². The average molecular weight is 350 g/mol. The molecule has 2 rings (SSSR count). The van der Waals surface area contributed by atoms with E-state index < -0.39 is 6.09 Å². The van der Waals surface area contributed by atoms with Gasteiger partial charge in [-0.3, -0.25) is 5.32 Å². The molecule has 0 saturated heterocycles. The first-order valence-electron chi connectivity index (χ1n) is 6.40. The van der Waals surface area contributed by atoms with Crippen molar-refractivity contribution in [1.82, 2.24) is 0 Å². The van der Waals surface area contributed by atoms with Crippen LogP contribution in [0.15, 0.2) is 40.9 Å². The molecule has 0 atom stereocenters. The molecular formula is C16H16BrNO3. The topological polar surface area (TPSA) is 47.6 Å². The Morgan fingerprint density at radius 1 is 1.10 bits per heavy atom. The predicted molar refractivity (Wildman–Crippen MR) is 86.3 cm³/mol. The number of carbonyl (C=O) groups is 1. The molecule has 2 aromatic carbocycles. The maximum Gasteiger partial charge on any atom is 0.417 e. The van der Waals surface area contributed by atoms with E-state index >= 15 is 0 Å². The first kappa shape index (κ1) is 15.4. The van der Waals surface area contributed by atoms with E-state index in [1.54, 1.807) is 19.2 Å². The minimum absolute atomic E-state index is 0.531. The summed E-state index contributed by atoms with van der Waals surface area (Å²) in [5.41, 5.74) is 2.44. The van der Waals surface area contributed by atoms with Crippen LogP contribution in [0.3, 0.4) is 0 Å². The van der Waals surface area contributed by atoms with Crippen LogP contribution in [0, 0.1) is 13.8 Å². The Kier molecular flexibility index (Phi) is 4.85. The van der Waals surface area contributed by atoms with Crippen molar-refractivity contribution in [2.75, 3.05) is 12.4 Å². The number of methoxy groups -OCH3 is 1. The van der Waals surface area contributed by atoms with E-state index in [0.29, 0.717) is 17.2 Å². The minimum Gasteiger partial charge on any atom is -0.495 e. The quantitative estimate of drug-likeness (QED) is 0.874. The normalized spacial score (nSPS) is 10.1. The number of carbonyl (C=O) groups excluding carboxylic acids is 1. The molecule has 0 aliphatic carbocycles. The molecule has 2 aromatic rings. The van der Waals surface area contributed by atoms with Gasteiger partial charge in [0.1, 0.15) is 11.5 Å². The third-order valence-electron chi connectivity index (χ3n) is 3.00. The van der Waals surface area contributed by atoms with E-state index in [1.165, 1.54) is 0 Å². The van der Waals surface area contributed by atoms with E-state index in [1.807, 2.05) is 38.1 Å². The van der Waals surface area contributed by atoms with Crippen molar-refractivity contribution >= 4 is 27.7 Å². The van der Waals surface area contributed by atoms with Crippen molar-refractivity contribution in [3.8, 4) is 11.5 Å². The number of amides is 1. The van der Waals surface area contributed by atoms with Crippen LogP contribution < -0.4 is 14.8 Å². The minimum atomic E-state index is -0.552. The number of para-hydroxylation sites is 2. The molecule has 0 aliphatic heterocycles. The maximum absolute atomic E-state index is 12.0. The molecule has 0 aliphatic rings. The summed E-state index contributed by atoms with van der Waals surface area (Å²) in [6.07, 6.45) is -0.552. The Hall–Kier alpha value is -2.01. The predicted octanol–water partition coefficient (Wildman–Crippen LogP) is 4.69. The number of rotatable bonds is 3. The summed E-state index contributed by atoms with van der Waals surface area (Å²) in [4.78, 5) is 12.0. The van der Waals surface area contributed by atoms with Gasteiger partial charge < -0.3 is 9.47 Å². The molecule has 1 N–H and O–H groups in total. The van der Waals surface area contributed by atoms with Crippen LogP contribution in [-0.4, -0.2) is 13.2 Å². The van der Waals surface area contributed by atoms with Crippen LogP contribution in [-0.2, 0) is 0 Å². The van der Waals surface area contributed by atoms with Gasteiger partial charge in [0.15, 0.2) is 0 Å². The van der Waals surface area contributed by atoms with Crippen LogP contribution in [0.4, 0.5) is 10.5 Å². The zero-order valence-corrected chi connectivity index (χ0v) is 13.7. The highest BCUT2D eigenvalue weighted by Gasteiger charge is 2.11. The lowest BCUT2D eigenvalue weighted by Crippen LogP contribution is -2.17. The molecule has 1 amide bonds. The molecule has 0 fully saturated rings. The van der Waals surface area contributed by atoms with Gasteiger partial charge in [0.2, 0.25) is 0 Å². The maximum atomic E-state index is 12.0. The third kappa shape index (κ3) is 3.76. The first-order chi connectivity index (χ1) is 10.0. The number of nitrogens with one attached hydrogen (secondary N) is 1. The molecular weight excluding hydrogens is 334 g/mol. The second-order valence-corrected chi connectivity index (χ2v) is 5.44. The summed E-state index contributed by atoms with van der Waals surface area (Å²) >= 11 is 3.45. The van der Waals surface area contributed by atoms with Crippen LogP contribution >= 0.6 is 15.9 Å². The Balaban J connectivity index is 2.14. The fourth-order valence-electron chi connectivity index (χ4n) is 1.85. The van der Waals surface area contributed by atoms with Crippen LogP contribution in [0.25, 0.3) is 0 Å². The lowest BCUT2D eigenvalue weighted by atomic mass is 10.1. The SMILES string of the molecule is COc1ccccc1NC(=O)Oc1cc(C)c(Br)cc1C. The van der Waals surface area contributed by atoms with Gasteiger partial charge in [-0.2, -0.15) is 0 Å². The van der Waals surface area contributed by atoms with E-state index in [9.17, 15) is 4.79 Å². The zero-order valence-electron chi connectivity index (χ0n) is 12.1. The summed E-state index contributed by atoms with van der Waals surface area (Å²) in [5.74, 6) is 1.11. The molecule has 21 heavy (non-hydrogen) atoms. The van der Waals surface area contributed by atoms with Crippen molar-refractivity contribution in [2.45, 2.75) is 13.8 Å². The van der Waals surface area contributed by atoms with Gasteiger partial charge in [0.25, 0.3) is 0 Å². The number of hydrogen-bond acceptors (Lipinski definition) is 3. The Labute approximate surface area is 132 Å².